The summed E-state index contributed by atoms with van der Waals surface area (Å²) in [6.45, 7) is 1.04. The van der Waals surface area contributed by atoms with Gasteiger partial charge < -0.3 is 14.4 Å². The van der Waals surface area contributed by atoms with Crippen LogP contribution in [0.15, 0.2) is 35.1 Å². The van der Waals surface area contributed by atoms with Crippen LogP contribution in [0.4, 0.5) is 5.69 Å². The summed E-state index contributed by atoms with van der Waals surface area (Å²) >= 11 is 0. The molecule has 0 saturated heterocycles. The standard InChI is InChI=1S/C15H15N5O/c1-20-8-7-17-14(20)13-18-15(21-19-13)11-4-5-12-10(9-11)3-2-6-16-12/h4-5,7-9,16H,2-3,6H2,1H3. The van der Waals surface area contributed by atoms with Crippen LogP contribution in [-0.2, 0) is 13.5 Å². The van der Waals surface area contributed by atoms with Crippen molar-refractivity contribution >= 4 is 5.69 Å². The third-order valence-corrected chi connectivity index (χ3v) is 3.74. The summed E-state index contributed by atoms with van der Waals surface area (Å²) in [4.78, 5) is 8.68. The minimum Gasteiger partial charge on any atom is -0.385 e. The second-order valence-electron chi connectivity index (χ2n) is 5.19. The van der Waals surface area contributed by atoms with Gasteiger partial charge >= 0.3 is 0 Å². The van der Waals surface area contributed by atoms with Crippen LogP contribution in [0.1, 0.15) is 12.0 Å². The van der Waals surface area contributed by atoms with Gasteiger partial charge in [-0.1, -0.05) is 5.16 Å². The van der Waals surface area contributed by atoms with Gasteiger partial charge in [-0.05, 0) is 36.6 Å². The molecule has 2 aromatic heterocycles. The summed E-state index contributed by atoms with van der Waals surface area (Å²) in [6, 6.07) is 6.21. The first-order valence-corrected chi connectivity index (χ1v) is 7.00. The predicted molar refractivity (Wildman–Crippen MR) is 78.7 cm³/mol. The van der Waals surface area contributed by atoms with E-state index in [1.807, 2.05) is 23.9 Å². The van der Waals surface area contributed by atoms with E-state index in [4.69, 9.17) is 4.52 Å². The number of hydrogen-bond acceptors (Lipinski definition) is 5. The molecule has 0 atom stereocenters. The van der Waals surface area contributed by atoms with E-state index in [2.05, 4.69) is 32.6 Å². The molecule has 1 N–H and O–H groups in total. The van der Waals surface area contributed by atoms with E-state index in [1.165, 1.54) is 11.3 Å². The summed E-state index contributed by atoms with van der Waals surface area (Å²) in [6.07, 6.45) is 5.81. The molecule has 0 bridgehead atoms. The Morgan fingerprint density at radius 2 is 2.29 bits per heavy atom. The van der Waals surface area contributed by atoms with Crippen LogP contribution in [-0.4, -0.2) is 26.2 Å². The number of fused-ring (bicyclic) bond motifs is 1. The number of nitrogens with one attached hydrogen (secondary N) is 1. The zero-order valence-electron chi connectivity index (χ0n) is 11.7. The fraction of sp³-hybridized carbons (Fsp3) is 0.267. The van der Waals surface area contributed by atoms with Gasteiger partial charge in [0.1, 0.15) is 0 Å². The molecule has 0 unspecified atom stereocenters. The van der Waals surface area contributed by atoms with Crippen molar-refractivity contribution in [1.82, 2.24) is 19.7 Å². The van der Waals surface area contributed by atoms with E-state index >= 15 is 0 Å². The minimum atomic E-state index is 0.508. The molecular weight excluding hydrogens is 266 g/mol. The fourth-order valence-electron chi connectivity index (χ4n) is 2.62. The van der Waals surface area contributed by atoms with Crippen molar-refractivity contribution in [1.29, 1.82) is 0 Å². The molecule has 3 aromatic rings. The summed E-state index contributed by atoms with van der Waals surface area (Å²) in [5.41, 5.74) is 3.45. The number of anilines is 1. The Bertz CT molecular complexity index is 789. The lowest BCUT2D eigenvalue weighted by Gasteiger charge is -2.17. The van der Waals surface area contributed by atoms with Crippen molar-refractivity contribution < 1.29 is 4.52 Å². The van der Waals surface area contributed by atoms with Crippen molar-refractivity contribution in [3.8, 4) is 23.1 Å². The van der Waals surface area contributed by atoms with E-state index < -0.39 is 0 Å². The van der Waals surface area contributed by atoms with Crippen molar-refractivity contribution in [2.45, 2.75) is 12.8 Å². The smallest absolute Gasteiger partial charge is 0.258 e. The molecule has 1 aliphatic heterocycles. The lowest BCUT2D eigenvalue weighted by atomic mass is 10.0. The van der Waals surface area contributed by atoms with Gasteiger partial charge in [-0.25, -0.2) is 4.98 Å². The highest BCUT2D eigenvalue weighted by molar-refractivity contribution is 5.64. The zero-order chi connectivity index (χ0) is 14.2. The summed E-state index contributed by atoms with van der Waals surface area (Å²) in [5.74, 6) is 1.74. The number of hydrogen-bond donors (Lipinski definition) is 1. The Morgan fingerprint density at radius 3 is 3.14 bits per heavy atom. The molecule has 0 fully saturated rings. The monoisotopic (exact) mass is 281 g/mol. The molecule has 6 nitrogen and oxygen atoms in total. The summed E-state index contributed by atoms with van der Waals surface area (Å²) < 4.78 is 7.25. The van der Waals surface area contributed by atoms with E-state index in [9.17, 15) is 0 Å². The van der Waals surface area contributed by atoms with Crippen LogP contribution in [0.3, 0.4) is 0 Å². The highest BCUT2D eigenvalue weighted by Gasteiger charge is 2.16. The average Bonchev–Trinajstić information content (AvgIpc) is 3.15. The lowest BCUT2D eigenvalue weighted by molar-refractivity contribution is 0.431. The van der Waals surface area contributed by atoms with Crippen LogP contribution in [0, 0.1) is 0 Å². The Morgan fingerprint density at radius 1 is 1.33 bits per heavy atom. The third kappa shape index (κ3) is 2.08. The molecule has 0 radical (unpaired) electrons. The number of rotatable bonds is 2. The largest absolute Gasteiger partial charge is 0.385 e. The molecule has 0 aliphatic carbocycles. The van der Waals surface area contributed by atoms with Crippen LogP contribution < -0.4 is 5.32 Å². The first-order valence-electron chi connectivity index (χ1n) is 7.00. The summed E-state index contributed by atoms with van der Waals surface area (Å²) in [5, 5.41) is 7.42. The van der Waals surface area contributed by atoms with E-state index in [0.29, 0.717) is 17.5 Å². The molecule has 0 saturated carbocycles. The minimum absolute atomic E-state index is 0.508. The highest BCUT2D eigenvalue weighted by Crippen LogP contribution is 2.28. The van der Waals surface area contributed by atoms with Gasteiger partial charge in [0.2, 0.25) is 5.82 Å². The van der Waals surface area contributed by atoms with Gasteiger partial charge in [0.25, 0.3) is 5.89 Å². The summed E-state index contributed by atoms with van der Waals surface area (Å²) in [7, 11) is 1.91. The maximum Gasteiger partial charge on any atom is 0.258 e. The quantitative estimate of drug-likeness (QED) is 0.781. The molecule has 1 aromatic carbocycles. The van der Waals surface area contributed by atoms with Gasteiger partial charge in [0.05, 0.1) is 0 Å². The van der Waals surface area contributed by atoms with Crippen LogP contribution in [0.5, 0.6) is 0 Å². The van der Waals surface area contributed by atoms with Gasteiger partial charge in [-0.3, -0.25) is 0 Å². The number of aryl methyl sites for hydroxylation is 2. The normalized spacial score (nSPS) is 13.8. The Kier molecular flexibility index (Phi) is 2.73. The lowest BCUT2D eigenvalue weighted by Crippen LogP contribution is -2.11. The van der Waals surface area contributed by atoms with Crippen LogP contribution in [0.25, 0.3) is 23.1 Å². The van der Waals surface area contributed by atoms with Gasteiger partial charge in [0.15, 0.2) is 5.82 Å². The Hall–Kier alpha value is -2.63. The first kappa shape index (κ1) is 12.1. The van der Waals surface area contributed by atoms with Crippen LogP contribution >= 0.6 is 0 Å². The van der Waals surface area contributed by atoms with Gasteiger partial charge in [-0.15, -0.1) is 0 Å². The molecule has 6 heteroatoms. The first-order chi connectivity index (χ1) is 10.3. The molecule has 106 valence electrons. The topological polar surface area (TPSA) is 68.8 Å². The Labute approximate surface area is 121 Å². The molecule has 21 heavy (non-hydrogen) atoms. The van der Waals surface area contributed by atoms with E-state index in [1.54, 1.807) is 6.20 Å². The number of nitrogens with zero attached hydrogens (tertiary/aromatic N) is 4. The highest BCUT2D eigenvalue weighted by atomic mass is 16.5. The fourth-order valence-corrected chi connectivity index (χ4v) is 2.62. The van der Waals surface area contributed by atoms with Crippen molar-refractivity contribution in [3.05, 3.63) is 36.2 Å². The van der Waals surface area contributed by atoms with Gasteiger partial charge in [-0.2, -0.15) is 4.98 Å². The molecule has 3 heterocycles. The molecule has 4 rings (SSSR count). The van der Waals surface area contributed by atoms with Crippen molar-refractivity contribution in [2.75, 3.05) is 11.9 Å². The number of aromatic nitrogens is 4. The second kappa shape index (κ2) is 4.73. The van der Waals surface area contributed by atoms with Crippen LogP contribution in [0.2, 0.25) is 0 Å². The van der Waals surface area contributed by atoms with Gasteiger partial charge in [0, 0.05) is 37.2 Å². The molecule has 0 amide bonds. The zero-order valence-corrected chi connectivity index (χ0v) is 11.7. The van der Waals surface area contributed by atoms with Crippen molar-refractivity contribution in [2.24, 2.45) is 7.05 Å². The van der Waals surface area contributed by atoms with E-state index in [-0.39, 0.29) is 0 Å². The molecule has 1 aliphatic rings. The average molecular weight is 281 g/mol. The third-order valence-electron chi connectivity index (χ3n) is 3.74. The maximum atomic E-state index is 5.39. The number of imidazole rings is 1. The number of benzene rings is 1. The predicted octanol–water partition coefficient (Wildman–Crippen LogP) is 2.50. The second-order valence-corrected chi connectivity index (χ2v) is 5.19. The Balaban J connectivity index is 1.71. The SMILES string of the molecule is Cn1ccnc1-c1noc(-c2ccc3c(c2)CCCN3)n1. The maximum absolute atomic E-state index is 5.39. The van der Waals surface area contributed by atoms with Crippen molar-refractivity contribution in [3.63, 3.8) is 0 Å². The van der Waals surface area contributed by atoms with E-state index in [0.717, 1.165) is 24.9 Å². The molecule has 0 spiro atoms. The molecular formula is C15H15N5O.